The molecule has 6 heteroatoms. The van der Waals surface area contributed by atoms with Crippen molar-refractivity contribution in [3.63, 3.8) is 0 Å². The minimum Gasteiger partial charge on any atom is -0.496 e. The summed E-state index contributed by atoms with van der Waals surface area (Å²) < 4.78 is 5.34. The van der Waals surface area contributed by atoms with Crippen LogP contribution in [0.4, 0.5) is 5.82 Å². The fraction of sp³-hybridized carbons (Fsp3) is 0.261. The molecule has 0 saturated carbocycles. The van der Waals surface area contributed by atoms with E-state index in [4.69, 9.17) is 4.74 Å². The summed E-state index contributed by atoms with van der Waals surface area (Å²) in [6, 6.07) is 19.5. The highest BCUT2D eigenvalue weighted by Gasteiger charge is 2.25. The number of ether oxygens (including phenoxy) is 1. The molecule has 1 fully saturated rings. The van der Waals surface area contributed by atoms with Crippen molar-refractivity contribution in [2.75, 3.05) is 38.2 Å². The lowest BCUT2D eigenvalue weighted by molar-refractivity contribution is 0.0743. The monoisotopic (exact) mass is 388 g/mol. The van der Waals surface area contributed by atoms with Crippen molar-refractivity contribution in [3.8, 4) is 17.0 Å². The van der Waals surface area contributed by atoms with Crippen LogP contribution in [0.25, 0.3) is 11.3 Å². The molecule has 1 saturated heterocycles. The molecule has 29 heavy (non-hydrogen) atoms. The van der Waals surface area contributed by atoms with Crippen molar-refractivity contribution in [1.82, 2.24) is 14.9 Å². The Labute approximate surface area is 170 Å². The lowest BCUT2D eigenvalue weighted by Crippen LogP contribution is -2.49. The maximum atomic E-state index is 12.9. The molecule has 2 heterocycles. The van der Waals surface area contributed by atoms with Crippen molar-refractivity contribution in [2.45, 2.75) is 6.92 Å². The van der Waals surface area contributed by atoms with E-state index in [9.17, 15) is 4.79 Å². The number of methoxy groups -OCH3 is 1. The topological polar surface area (TPSA) is 58.6 Å². The second-order valence-electron chi connectivity index (χ2n) is 7.00. The summed E-state index contributed by atoms with van der Waals surface area (Å²) in [4.78, 5) is 26.2. The molecule has 6 nitrogen and oxygen atoms in total. The molecule has 1 aliphatic rings. The van der Waals surface area contributed by atoms with Crippen LogP contribution in [-0.2, 0) is 0 Å². The number of nitrogens with zero attached hydrogens (tertiary/aromatic N) is 4. The number of benzene rings is 2. The number of para-hydroxylation sites is 1. The zero-order valence-corrected chi connectivity index (χ0v) is 16.7. The Morgan fingerprint density at radius 3 is 2.34 bits per heavy atom. The maximum absolute atomic E-state index is 12.9. The summed E-state index contributed by atoms with van der Waals surface area (Å²) in [5.41, 5.74) is 2.59. The zero-order chi connectivity index (χ0) is 20.2. The smallest absolute Gasteiger partial charge is 0.257 e. The van der Waals surface area contributed by atoms with Gasteiger partial charge in [0, 0.05) is 37.8 Å². The Balaban J connectivity index is 1.49. The van der Waals surface area contributed by atoms with Crippen molar-refractivity contribution in [3.05, 3.63) is 72.1 Å². The fourth-order valence-corrected chi connectivity index (χ4v) is 3.60. The first-order chi connectivity index (χ1) is 14.2. The normalized spacial score (nSPS) is 14.0. The number of piperazine rings is 1. The van der Waals surface area contributed by atoms with Gasteiger partial charge in [-0.3, -0.25) is 4.79 Å². The van der Waals surface area contributed by atoms with Crippen molar-refractivity contribution in [1.29, 1.82) is 0 Å². The number of carbonyl (C=O) groups excluding carboxylic acids is 1. The molecular weight excluding hydrogens is 364 g/mol. The van der Waals surface area contributed by atoms with Gasteiger partial charge in [-0.2, -0.15) is 0 Å². The summed E-state index contributed by atoms with van der Waals surface area (Å²) in [7, 11) is 1.59. The number of hydrogen-bond donors (Lipinski definition) is 0. The quantitative estimate of drug-likeness (QED) is 0.685. The molecule has 1 aliphatic heterocycles. The average molecular weight is 388 g/mol. The van der Waals surface area contributed by atoms with E-state index in [0.717, 1.165) is 36.0 Å². The van der Waals surface area contributed by atoms with Crippen LogP contribution in [0.2, 0.25) is 0 Å². The molecule has 3 aromatic rings. The molecule has 1 aromatic heterocycles. The SMILES string of the molecule is COc1ccccc1C(=O)N1CCN(c2cc(-c3ccccc3)nc(C)n2)CC1. The number of carbonyl (C=O) groups is 1. The van der Waals surface area contributed by atoms with Gasteiger partial charge >= 0.3 is 0 Å². The highest BCUT2D eigenvalue weighted by Crippen LogP contribution is 2.24. The Kier molecular flexibility index (Phi) is 5.42. The lowest BCUT2D eigenvalue weighted by Gasteiger charge is -2.35. The Hall–Kier alpha value is -3.41. The summed E-state index contributed by atoms with van der Waals surface area (Å²) in [5.74, 6) is 2.26. The summed E-state index contributed by atoms with van der Waals surface area (Å²) in [6.07, 6.45) is 0. The third kappa shape index (κ3) is 4.06. The molecule has 1 amide bonds. The first-order valence-electron chi connectivity index (χ1n) is 9.74. The highest BCUT2D eigenvalue weighted by atomic mass is 16.5. The second-order valence-corrected chi connectivity index (χ2v) is 7.00. The van der Waals surface area contributed by atoms with Gasteiger partial charge in [0.15, 0.2) is 0 Å². The number of rotatable bonds is 4. The average Bonchev–Trinajstić information content (AvgIpc) is 2.79. The van der Waals surface area contributed by atoms with Crippen molar-refractivity contribution < 1.29 is 9.53 Å². The van der Waals surface area contributed by atoms with E-state index < -0.39 is 0 Å². The molecule has 0 unspecified atom stereocenters. The van der Waals surface area contributed by atoms with Gasteiger partial charge < -0.3 is 14.5 Å². The van der Waals surface area contributed by atoms with Crippen LogP contribution < -0.4 is 9.64 Å². The Morgan fingerprint density at radius 2 is 1.62 bits per heavy atom. The van der Waals surface area contributed by atoms with Crippen LogP contribution in [0.5, 0.6) is 5.75 Å². The minimum absolute atomic E-state index is 0.00550. The minimum atomic E-state index is 0.00550. The molecule has 0 aliphatic carbocycles. The molecule has 4 rings (SSSR count). The highest BCUT2D eigenvalue weighted by molar-refractivity contribution is 5.97. The van der Waals surface area contributed by atoms with Crippen LogP contribution in [-0.4, -0.2) is 54.1 Å². The molecule has 2 aromatic carbocycles. The van der Waals surface area contributed by atoms with Gasteiger partial charge in [-0.05, 0) is 19.1 Å². The van der Waals surface area contributed by atoms with E-state index in [-0.39, 0.29) is 5.91 Å². The van der Waals surface area contributed by atoms with E-state index in [1.165, 1.54) is 0 Å². The maximum Gasteiger partial charge on any atom is 0.257 e. The van der Waals surface area contributed by atoms with Crippen LogP contribution in [0.1, 0.15) is 16.2 Å². The largest absolute Gasteiger partial charge is 0.496 e. The first-order valence-corrected chi connectivity index (χ1v) is 9.74. The standard InChI is InChI=1S/C23H24N4O2/c1-17-24-20(18-8-4-3-5-9-18)16-22(25-17)26-12-14-27(15-13-26)23(28)19-10-6-7-11-21(19)29-2/h3-11,16H,12-15H2,1-2H3. The van der Waals surface area contributed by atoms with E-state index in [2.05, 4.69) is 27.0 Å². The van der Waals surface area contributed by atoms with Gasteiger partial charge in [0.1, 0.15) is 17.4 Å². The van der Waals surface area contributed by atoms with Gasteiger partial charge in [0.05, 0.1) is 18.4 Å². The fourth-order valence-electron chi connectivity index (χ4n) is 3.60. The predicted octanol–water partition coefficient (Wildman–Crippen LogP) is 3.42. The van der Waals surface area contributed by atoms with E-state index in [1.54, 1.807) is 7.11 Å². The first kappa shape index (κ1) is 18.9. The molecule has 0 N–H and O–H groups in total. The molecule has 0 radical (unpaired) electrons. The summed E-state index contributed by atoms with van der Waals surface area (Å²) in [5, 5.41) is 0. The van der Waals surface area contributed by atoms with Gasteiger partial charge in [-0.25, -0.2) is 9.97 Å². The third-order valence-corrected chi connectivity index (χ3v) is 5.12. The van der Waals surface area contributed by atoms with E-state index >= 15 is 0 Å². The number of anilines is 1. The lowest BCUT2D eigenvalue weighted by atomic mass is 10.1. The molecule has 0 atom stereocenters. The Morgan fingerprint density at radius 1 is 0.931 bits per heavy atom. The summed E-state index contributed by atoms with van der Waals surface area (Å²) >= 11 is 0. The van der Waals surface area contributed by atoms with Crippen LogP contribution in [0.3, 0.4) is 0 Å². The predicted molar refractivity (Wildman–Crippen MR) is 113 cm³/mol. The van der Waals surface area contributed by atoms with Gasteiger partial charge in [-0.15, -0.1) is 0 Å². The molecule has 0 spiro atoms. The summed E-state index contributed by atoms with van der Waals surface area (Å²) in [6.45, 7) is 4.65. The second kappa shape index (κ2) is 8.31. The van der Waals surface area contributed by atoms with Gasteiger partial charge in [0.2, 0.25) is 0 Å². The Bertz CT molecular complexity index is 999. The van der Waals surface area contributed by atoms with Crippen LogP contribution >= 0.6 is 0 Å². The molecular formula is C23H24N4O2. The zero-order valence-electron chi connectivity index (χ0n) is 16.7. The molecule has 0 bridgehead atoms. The van der Waals surface area contributed by atoms with Gasteiger partial charge in [-0.1, -0.05) is 42.5 Å². The number of aromatic nitrogens is 2. The number of amides is 1. The van der Waals surface area contributed by atoms with Crippen LogP contribution in [0.15, 0.2) is 60.7 Å². The van der Waals surface area contributed by atoms with Crippen molar-refractivity contribution in [2.24, 2.45) is 0 Å². The van der Waals surface area contributed by atoms with Crippen LogP contribution in [0, 0.1) is 6.92 Å². The van der Waals surface area contributed by atoms with Crippen molar-refractivity contribution >= 4 is 11.7 Å². The van der Waals surface area contributed by atoms with E-state index in [1.807, 2.05) is 60.4 Å². The number of hydrogen-bond acceptors (Lipinski definition) is 5. The third-order valence-electron chi connectivity index (χ3n) is 5.12. The molecule has 148 valence electrons. The number of aryl methyl sites for hydroxylation is 1. The van der Waals surface area contributed by atoms with Gasteiger partial charge in [0.25, 0.3) is 5.91 Å². The van der Waals surface area contributed by atoms with E-state index in [0.29, 0.717) is 24.4 Å².